The number of hydrogen-bond acceptors (Lipinski definition) is 6. The lowest BCUT2D eigenvalue weighted by Crippen LogP contribution is -2.42. The largest absolute Gasteiger partial charge is 0.353 e. The Bertz CT molecular complexity index is 1270. The smallest absolute Gasteiger partial charge is 0.243 e. The number of fused-ring (bicyclic) bond motifs is 3. The molecule has 0 radical (unpaired) electrons. The highest BCUT2D eigenvalue weighted by atomic mass is 79.9. The first-order chi connectivity index (χ1) is 14.6. The molecule has 1 fully saturated rings. The molecule has 30 heavy (non-hydrogen) atoms. The van der Waals surface area contributed by atoms with E-state index in [0.717, 1.165) is 21.9 Å². The Labute approximate surface area is 185 Å². The van der Waals surface area contributed by atoms with Crippen LogP contribution in [0.5, 0.6) is 0 Å². The summed E-state index contributed by atoms with van der Waals surface area (Å²) >= 11 is 9.85. The Morgan fingerprint density at radius 2 is 2.03 bits per heavy atom. The summed E-state index contributed by atoms with van der Waals surface area (Å²) in [5, 5.41) is 15.4. The molecule has 10 heteroatoms. The minimum absolute atomic E-state index is 0.0839. The normalized spacial score (nSPS) is 17.1. The molecule has 152 valence electrons. The zero-order valence-electron chi connectivity index (χ0n) is 15.7. The molecule has 2 aromatic heterocycles. The summed E-state index contributed by atoms with van der Waals surface area (Å²) in [6.07, 6.45) is 0. The lowest BCUT2D eigenvalue weighted by Gasteiger charge is -2.16. The van der Waals surface area contributed by atoms with E-state index in [0.29, 0.717) is 41.1 Å². The number of nitrogens with zero attached hydrogens (tertiary/aromatic N) is 4. The molecule has 8 nitrogen and oxygen atoms in total. The molecule has 1 saturated heterocycles. The Balaban J connectivity index is 1.67. The van der Waals surface area contributed by atoms with E-state index in [2.05, 4.69) is 37.0 Å². The third-order valence-electron chi connectivity index (χ3n) is 4.92. The van der Waals surface area contributed by atoms with Crippen molar-refractivity contribution in [2.24, 2.45) is 0 Å². The lowest BCUT2D eigenvalue weighted by molar-refractivity contribution is -0.121. The second-order valence-corrected chi connectivity index (χ2v) is 8.26. The molecule has 4 aromatic rings. The molecule has 0 unspecified atom stereocenters. The van der Waals surface area contributed by atoms with Crippen LogP contribution in [0.25, 0.3) is 27.9 Å². The second-order valence-electron chi connectivity index (χ2n) is 6.94. The molecule has 0 saturated carbocycles. The van der Waals surface area contributed by atoms with Gasteiger partial charge in [-0.25, -0.2) is 9.97 Å². The third-order valence-corrected chi connectivity index (χ3v) is 5.73. The highest BCUT2D eigenvalue weighted by Crippen LogP contribution is 2.30. The number of halogens is 2. The van der Waals surface area contributed by atoms with E-state index >= 15 is 0 Å². The summed E-state index contributed by atoms with van der Waals surface area (Å²) in [4.78, 5) is 21.9. The molecule has 1 atom stereocenters. The Morgan fingerprint density at radius 1 is 1.17 bits per heavy atom. The average molecular weight is 487 g/mol. The van der Waals surface area contributed by atoms with E-state index < -0.39 is 6.04 Å². The number of carbonyl (C=O) groups is 1. The van der Waals surface area contributed by atoms with Crippen LogP contribution in [0.15, 0.2) is 46.9 Å². The summed E-state index contributed by atoms with van der Waals surface area (Å²) in [6, 6.07) is 12.8. The zero-order chi connectivity index (χ0) is 20.7. The topological polar surface area (TPSA) is 96.2 Å². The minimum Gasteiger partial charge on any atom is -0.353 e. The van der Waals surface area contributed by atoms with Gasteiger partial charge >= 0.3 is 0 Å². The number of rotatable bonds is 3. The average Bonchev–Trinajstić information content (AvgIpc) is 3.08. The Morgan fingerprint density at radius 3 is 2.90 bits per heavy atom. The van der Waals surface area contributed by atoms with Gasteiger partial charge in [-0.2, -0.15) is 4.52 Å². The van der Waals surface area contributed by atoms with E-state index in [1.807, 2.05) is 36.4 Å². The van der Waals surface area contributed by atoms with Gasteiger partial charge in [0.05, 0.1) is 10.5 Å². The maximum absolute atomic E-state index is 12.4. The number of para-hydroxylation sites is 1. The maximum Gasteiger partial charge on any atom is 0.243 e. The molecule has 0 aliphatic carbocycles. The monoisotopic (exact) mass is 485 g/mol. The number of carbonyl (C=O) groups excluding carboxylic acids is 1. The first kappa shape index (κ1) is 19.2. The van der Waals surface area contributed by atoms with Gasteiger partial charge in [-0.15, -0.1) is 5.10 Å². The van der Waals surface area contributed by atoms with Gasteiger partial charge in [0, 0.05) is 35.1 Å². The second kappa shape index (κ2) is 7.82. The number of nitrogens with one attached hydrogen (secondary N) is 3. The SMILES string of the molecule is O=C1NCCNC[C@H]1Nc1nc2ccccc2c2nc(-c3ccc(Br)cc3Cl)nn12. The number of anilines is 1. The number of aromatic nitrogens is 4. The van der Waals surface area contributed by atoms with Crippen molar-refractivity contribution in [3.63, 3.8) is 0 Å². The number of amides is 1. The van der Waals surface area contributed by atoms with Crippen molar-refractivity contribution in [3.8, 4) is 11.4 Å². The standard InChI is InChI=1S/C20H17BrClN7O/c21-11-5-6-12(14(22)9-11)17-27-18-13-3-1-2-4-15(13)25-20(29(18)28-17)26-16-10-23-7-8-24-19(16)30/h1-6,9,16,23H,7-8,10H2,(H,24,30)(H,25,26)/t16-/m1/s1. The predicted octanol–water partition coefficient (Wildman–Crippen LogP) is 2.86. The summed E-state index contributed by atoms with van der Waals surface area (Å²) in [7, 11) is 0. The van der Waals surface area contributed by atoms with Gasteiger partial charge in [-0.05, 0) is 30.3 Å². The highest BCUT2D eigenvalue weighted by molar-refractivity contribution is 9.10. The number of benzene rings is 2. The van der Waals surface area contributed by atoms with Crippen molar-refractivity contribution in [2.45, 2.75) is 6.04 Å². The van der Waals surface area contributed by atoms with Crippen molar-refractivity contribution in [1.29, 1.82) is 0 Å². The third kappa shape index (κ3) is 3.49. The highest BCUT2D eigenvalue weighted by Gasteiger charge is 2.23. The van der Waals surface area contributed by atoms with Gasteiger partial charge in [-0.1, -0.05) is 39.7 Å². The predicted molar refractivity (Wildman–Crippen MR) is 120 cm³/mol. The van der Waals surface area contributed by atoms with Crippen LogP contribution in [0.4, 0.5) is 5.95 Å². The fourth-order valence-electron chi connectivity index (χ4n) is 3.44. The summed E-state index contributed by atoms with van der Waals surface area (Å²) in [5.41, 5.74) is 2.11. The molecular formula is C20H17BrClN7O. The van der Waals surface area contributed by atoms with Gasteiger partial charge in [0.2, 0.25) is 11.9 Å². The molecule has 1 aliphatic rings. The van der Waals surface area contributed by atoms with Crippen LogP contribution in [0, 0.1) is 0 Å². The fraction of sp³-hybridized carbons (Fsp3) is 0.200. The van der Waals surface area contributed by atoms with E-state index in [9.17, 15) is 4.79 Å². The zero-order valence-corrected chi connectivity index (χ0v) is 18.0. The summed E-state index contributed by atoms with van der Waals surface area (Å²) < 4.78 is 2.51. The van der Waals surface area contributed by atoms with Crippen LogP contribution in [-0.4, -0.2) is 51.2 Å². The van der Waals surface area contributed by atoms with Crippen molar-refractivity contribution >= 4 is 55.9 Å². The van der Waals surface area contributed by atoms with Crippen LogP contribution >= 0.6 is 27.5 Å². The molecule has 0 bridgehead atoms. The molecule has 0 spiro atoms. The van der Waals surface area contributed by atoms with Crippen LogP contribution < -0.4 is 16.0 Å². The van der Waals surface area contributed by atoms with Gasteiger partial charge < -0.3 is 16.0 Å². The van der Waals surface area contributed by atoms with Crippen molar-refractivity contribution in [1.82, 2.24) is 30.2 Å². The van der Waals surface area contributed by atoms with Crippen molar-refractivity contribution in [2.75, 3.05) is 25.0 Å². The molecule has 1 amide bonds. The Kier molecular flexibility index (Phi) is 5.01. The summed E-state index contributed by atoms with van der Waals surface area (Å²) in [6.45, 7) is 1.80. The fourth-order valence-corrected chi connectivity index (χ4v) is 4.20. The van der Waals surface area contributed by atoms with Crippen LogP contribution in [0.2, 0.25) is 5.02 Å². The molecule has 5 rings (SSSR count). The van der Waals surface area contributed by atoms with Crippen molar-refractivity contribution in [3.05, 3.63) is 52.0 Å². The van der Waals surface area contributed by atoms with Crippen LogP contribution in [0.1, 0.15) is 0 Å². The van der Waals surface area contributed by atoms with Crippen molar-refractivity contribution < 1.29 is 4.79 Å². The molecule has 3 N–H and O–H groups in total. The summed E-state index contributed by atoms with van der Waals surface area (Å²) in [5.74, 6) is 0.844. The Hall–Kier alpha value is -2.75. The first-order valence-corrected chi connectivity index (χ1v) is 10.6. The maximum atomic E-state index is 12.4. The van der Waals surface area contributed by atoms with Gasteiger partial charge in [0.15, 0.2) is 11.5 Å². The molecule has 2 aromatic carbocycles. The van der Waals surface area contributed by atoms with Gasteiger partial charge in [-0.3, -0.25) is 4.79 Å². The minimum atomic E-state index is -0.478. The quantitative estimate of drug-likeness (QED) is 0.412. The lowest BCUT2D eigenvalue weighted by atomic mass is 10.2. The molecule has 3 heterocycles. The first-order valence-electron chi connectivity index (χ1n) is 9.46. The van der Waals surface area contributed by atoms with Gasteiger partial charge in [0.25, 0.3) is 0 Å². The van der Waals surface area contributed by atoms with E-state index in [1.165, 1.54) is 0 Å². The van der Waals surface area contributed by atoms with E-state index in [-0.39, 0.29) is 5.91 Å². The van der Waals surface area contributed by atoms with Crippen LogP contribution in [-0.2, 0) is 4.79 Å². The number of hydrogen-bond donors (Lipinski definition) is 3. The molecular weight excluding hydrogens is 470 g/mol. The van der Waals surface area contributed by atoms with E-state index in [4.69, 9.17) is 21.6 Å². The van der Waals surface area contributed by atoms with Gasteiger partial charge in [0.1, 0.15) is 6.04 Å². The molecule has 1 aliphatic heterocycles. The van der Waals surface area contributed by atoms with Crippen LogP contribution in [0.3, 0.4) is 0 Å². The van der Waals surface area contributed by atoms with E-state index in [1.54, 1.807) is 10.6 Å².